The molecule has 6 heteroatoms. The molecule has 2 rings (SSSR count). The number of nitrogens with one attached hydrogen (secondary N) is 1. The van der Waals surface area contributed by atoms with Crippen molar-refractivity contribution in [2.45, 2.75) is 20.0 Å². The molecule has 0 aliphatic carbocycles. The van der Waals surface area contributed by atoms with Gasteiger partial charge in [0.1, 0.15) is 11.6 Å². The lowest BCUT2D eigenvalue weighted by Gasteiger charge is -2.11. The number of aromatic amines is 1. The predicted molar refractivity (Wildman–Crippen MR) is 71.7 cm³/mol. The third kappa shape index (κ3) is 2.97. The molecule has 1 aromatic carbocycles. The number of pyridine rings is 1. The zero-order valence-electron chi connectivity index (χ0n) is 11.3. The molecule has 0 spiro atoms. The normalized spacial score (nSPS) is 11.2. The van der Waals surface area contributed by atoms with Gasteiger partial charge in [0.25, 0.3) is 5.56 Å². The molecular weight excluding hydrogens is 281 g/mol. The molecule has 0 saturated carbocycles. The summed E-state index contributed by atoms with van der Waals surface area (Å²) in [6, 6.07) is 7.32. The lowest BCUT2D eigenvalue weighted by atomic mass is 10.0. The van der Waals surface area contributed by atoms with Crippen LogP contribution in [-0.2, 0) is 6.18 Å². The first-order valence-electron chi connectivity index (χ1n) is 6.05. The zero-order chi connectivity index (χ0) is 15.8. The Morgan fingerprint density at radius 1 is 1.10 bits per heavy atom. The molecule has 1 aromatic heterocycles. The zero-order valence-corrected chi connectivity index (χ0v) is 11.3. The van der Waals surface area contributed by atoms with Crippen LogP contribution in [0, 0.1) is 25.2 Å². The maximum atomic E-state index is 13.0. The van der Waals surface area contributed by atoms with Crippen molar-refractivity contribution in [2.75, 3.05) is 0 Å². The fraction of sp³-hybridized carbons (Fsp3) is 0.200. The fourth-order valence-electron chi connectivity index (χ4n) is 2.18. The molecular formula is C15H11F3N2O. The molecule has 2 aromatic rings. The van der Waals surface area contributed by atoms with Gasteiger partial charge < -0.3 is 4.98 Å². The van der Waals surface area contributed by atoms with Crippen molar-refractivity contribution < 1.29 is 13.2 Å². The number of aryl methyl sites for hydroxylation is 2. The van der Waals surface area contributed by atoms with E-state index in [4.69, 9.17) is 5.26 Å². The van der Waals surface area contributed by atoms with Crippen LogP contribution in [0.4, 0.5) is 13.2 Å². The summed E-state index contributed by atoms with van der Waals surface area (Å²) in [5.41, 5.74) is -0.940. The van der Waals surface area contributed by atoms with Crippen molar-refractivity contribution in [3.63, 3.8) is 0 Å². The first-order valence-corrected chi connectivity index (χ1v) is 6.05. The summed E-state index contributed by atoms with van der Waals surface area (Å²) in [5, 5.41) is 8.74. The van der Waals surface area contributed by atoms with Gasteiger partial charge in [-0.05, 0) is 37.6 Å². The highest BCUT2D eigenvalue weighted by Crippen LogP contribution is 2.32. The highest BCUT2D eigenvalue weighted by Gasteiger charge is 2.35. The van der Waals surface area contributed by atoms with E-state index in [1.165, 1.54) is 6.07 Å². The summed E-state index contributed by atoms with van der Waals surface area (Å²) in [4.78, 5) is 14.0. The molecule has 0 saturated heterocycles. The van der Waals surface area contributed by atoms with Crippen molar-refractivity contribution in [2.24, 2.45) is 0 Å². The monoisotopic (exact) mass is 292 g/mol. The van der Waals surface area contributed by atoms with E-state index in [1.807, 2.05) is 19.9 Å². The standard InChI is InChI=1S/C15H11F3N2O/c1-8-3-9(2)5-10(4-8)13-6-12(15(16,17)18)11(7-19)14(21)20-13/h3-6H,1-2H3,(H,20,21). The Balaban J connectivity index is 2.75. The maximum Gasteiger partial charge on any atom is 0.417 e. The molecule has 0 fully saturated rings. The summed E-state index contributed by atoms with van der Waals surface area (Å²) in [7, 11) is 0. The summed E-state index contributed by atoms with van der Waals surface area (Å²) in [6.07, 6.45) is -4.76. The Bertz CT molecular complexity index is 778. The van der Waals surface area contributed by atoms with Gasteiger partial charge in [-0.3, -0.25) is 4.79 Å². The van der Waals surface area contributed by atoms with E-state index in [9.17, 15) is 18.0 Å². The van der Waals surface area contributed by atoms with Crippen LogP contribution in [0.25, 0.3) is 11.3 Å². The molecule has 3 nitrogen and oxygen atoms in total. The number of aromatic nitrogens is 1. The largest absolute Gasteiger partial charge is 0.417 e. The average molecular weight is 292 g/mol. The Morgan fingerprint density at radius 3 is 2.14 bits per heavy atom. The minimum Gasteiger partial charge on any atom is -0.321 e. The molecule has 0 aliphatic heterocycles. The quantitative estimate of drug-likeness (QED) is 0.873. The van der Waals surface area contributed by atoms with Crippen molar-refractivity contribution in [1.82, 2.24) is 4.98 Å². The molecule has 0 amide bonds. The molecule has 0 aliphatic rings. The Morgan fingerprint density at radius 2 is 1.67 bits per heavy atom. The second-order valence-corrected chi connectivity index (χ2v) is 4.79. The highest BCUT2D eigenvalue weighted by atomic mass is 19.4. The average Bonchev–Trinajstić information content (AvgIpc) is 2.35. The van der Waals surface area contributed by atoms with Gasteiger partial charge in [-0.1, -0.05) is 17.2 Å². The van der Waals surface area contributed by atoms with Crippen LogP contribution in [0.5, 0.6) is 0 Å². The van der Waals surface area contributed by atoms with E-state index in [0.29, 0.717) is 5.56 Å². The minimum absolute atomic E-state index is 0.0399. The van der Waals surface area contributed by atoms with Gasteiger partial charge in [0.05, 0.1) is 5.56 Å². The maximum absolute atomic E-state index is 13.0. The molecule has 1 N–H and O–H groups in total. The van der Waals surface area contributed by atoms with Gasteiger partial charge >= 0.3 is 6.18 Å². The third-order valence-electron chi connectivity index (χ3n) is 2.98. The van der Waals surface area contributed by atoms with Crippen LogP contribution in [0.15, 0.2) is 29.1 Å². The predicted octanol–water partition coefficient (Wildman–Crippen LogP) is 3.55. The number of nitrogens with zero attached hydrogens (tertiary/aromatic N) is 1. The number of H-pyrrole nitrogens is 1. The van der Waals surface area contributed by atoms with Crippen molar-refractivity contribution >= 4 is 0 Å². The van der Waals surface area contributed by atoms with E-state index in [1.54, 1.807) is 12.1 Å². The number of hydrogen-bond acceptors (Lipinski definition) is 2. The molecule has 0 bridgehead atoms. The van der Waals surface area contributed by atoms with Crippen molar-refractivity contribution in [1.29, 1.82) is 5.26 Å². The topological polar surface area (TPSA) is 56.6 Å². The van der Waals surface area contributed by atoms with E-state index in [0.717, 1.165) is 17.2 Å². The van der Waals surface area contributed by atoms with E-state index < -0.39 is 22.9 Å². The van der Waals surface area contributed by atoms with Crippen molar-refractivity contribution in [3.05, 3.63) is 56.9 Å². The number of nitriles is 1. The van der Waals surface area contributed by atoms with Crippen LogP contribution in [0.3, 0.4) is 0 Å². The Hall–Kier alpha value is -2.55. The van der Waals surface area contributed by atoms with Gasteiger partial charge in [-0.15, -0.1) is 0 Å². The number of hydrogen-bond donors (Lipinski definition) is 1. The SMILES string of the molecule is Cc1cc(C)cc(-c2cc(C(F)(F)F)c(C#N)c(=O)[nH]2)c1. The molecule has 0 atom stereocenters. The van der Waals surface area contributed by atoms with Crippen LogP contribution in [0.2, 0.25) is 0 Å². The Labute approximate surface area is 118 Å². The van der Waals surface area contributed by atoms with E-state index in [-0.39, 0.29) is 5.69 Å². The molecule has 0 unspecified atom stereocenters. The summed E-state index contributed by atoms with van der Waals surface area (Å²) < 4.78 is 38.9. The minimum atomic E-state index is -4.76. The number of alkyl halides is 3. The van der Waals surface area contributed by atoms with E-state index >= 15 is 0 Å². The van der Waals surface area contributed by atoms with E-state index in [2.05, 4.69) is 4.98 Å². The highest BCUT2D eigenvalue weighted by molar-refractivity contribution is 5.63. The lowest BCUT2D eigenvalue weighted by molar-refractivity contribution is -0.137. The molecule has 21 heavy (non-hydrogen) atoms. The van der Waals surface area contributed by atoms with Crippen LogP contribution in [0.1, 0.15) is 22.3 Å². The molecule has 0 radical (unpaired) electrons. The Kier molecular flexibility index (Phi) is 3.60. The third-order valence-corrected chi connectivity index (χ3v) is 2.98. The lowest BCUT2D eigenvalue weighted by Crippen LogP contribution is -2.19. The number of rotatable bonds is 1. The fourth-order valence-corrected chi connectivity index (χ4v) is 2.18. The number of halogens is 3. The second kappa shape index (κ2) is 5.09. The smallest absolute Gasteiger partial charge is 0.321 e. The van der Waals surface area contributed by atoms with Gasteiger partial charge in [0.15, 0.2) is 0 Å². The number of benzene rings is 1. The first-order chi connectivity index (χ1) is 9.72. The van der Waals surface area contributed by atoms with Gasteiger partial charge in [-0.2, -0.15) is 18.4 Å². The van der Waals surface area contributed by atoms with Crippen LogP contribution >= 0.6 is 0 Å². The van der Waals surface area contributed by atoms with Gasteiger partial charge in [0, 0.05) is 5.69 Å². The van der Waals surface area contributed by atoms with Crippen LogP contribution < -0.4 is 5.56 Å². The summed E-state index contributed by atoms with van der Waals surface area (Å²) >= 11 is 0. The summed E-state index contributed by atoms with van der Waals surface area (Å²) in [5.74, 6) is 0. The summed E-state index contributed by atoms with van der Waals surface area (Å²) in [6.45, 7) is 3.62. The van der Waals surface area contributed by atoms with Gasteiger partial charge in [-0.25, -0.2) is 0 Å². The molecule has 1 heterocycles. The molecule has 108 valence electrons. The second-order valence-electron chi connectivity index (χ2n) is 4.79. The first kappa shape index (κ1) is 14.9. The van der Waals surface area contributed by atoms with Gasteiger partial charge in [0.2, 0.25) is 0 Å². The van der Waals surface area contributed by atoms with Crippen molar-refractivity contribution in [3.8, 4) is 17.3 Å². The van der Waals surface area contributed by atoms with Crippen LogP contribution in [-0.4, -0.2) is 4.98 Å².